The molecule has 0 radical (unpaired) electrons. The Hall–Kier alpha value is -1.48. The van der Waals surface area contributed by atoms with Crippen molar-refractivity contribution in [3.63, 3.8) is 0 Å². The Morgan fingerprint density at radius 1 is 1.44 bits per heavy atom. The number of nitrogens with zero attached hydrogens (tertiary/aromatic N) is 1. The zero-order valence-electron chi connectivity index (χ0n) is 8.79. The Balaban J connectivity index is 2.37. The molecule has 0 bridgehead atoms. The van der Waals surface area contributed by atoms with Crippen LogP contribution in [0.4, 0.5) is 0 Å². The number of aromatic nitrogens is 1. The molecule has 0 fully saturated rings. The lowest BCUT2D eigenvalue weighted by Gasteiger charge is -2.07. The Labute approximate surface area is 98.0 Å². The maximum absolute atomic E-state index is 6.15. The molecule has 0 saturated carbocycles. The van der Waals surface area contributed by atoms with E-state index in [0.717, 1.165) is 28.6 Å². The van der Waals surface area contributed by atoms with Crippen molar-refractivity contribution in [3.8, 4) is 11.6 Å². The van der Waals surface area contributed by atoms with Gasteiger partial charge in [0.1, 0.15) is 11.3 Å². The van der Waals surface area contributed by atoms with E-state index < -0.39 is 0 Å². The number of benzene rings is 1. The topological polar surface area (TPSA) is 31.4 Å². The minimum Gasteiger partial charge on any atom is -0.494 e. The molecule has 2 heterocycles. The quantitative estimate of drug-likeness (QED) is 0.762. The average molecular weight is 236 g/mol. The number of methoxy groups -OCH3 is 1. The van der Waals surface area contributed by atoms with Crippen molar-refractivity contribution >= 4 is 22.5 Å². The highest BCUT2D eigenvalue weighted by Gasteiger charge is 2.17. The number of hydrogen-bond acceptors (Lipinski definition) is 3. The highest BCUT2D eigenvalue weighted by atomic mass is 35.5. The Morgan fingerprint density at radius 2 is 2.31 bits per heavy atom. The van der Waals surface area contributed by atoms with Gasteiger partial charge in [-0.05, 0) is 18.2 Å². The normalized spacial score (nSPS) is 13.6. The van der Waals surface area contributed by atoms with Crippen molar-refractivity contribution in [3.05, 3.63) is 28.8 Å². The minimum absolute atomic E-state index is 0.693. The summed E-state index contributed by atoms with van der Waals surface area (Å²) in [6, 6.07) is 5.68. The number of ether oxygens (including phenoxy) is 2. The van der Waals surface area contributed by atoms with Crippen LogP contribution in [0.5, 0.6) is 11.6 Å². The maximum Gasteiger partial charge on any atom is 0.217 e. The molecule has 3 rings (SSSR count). The van der Waals surface area contributed by atoms with Crippen molar-refractivity contribution in [1.82, 2.24) is 4.98 Å². The second kappa shape index (κ2) is 3.52. The second-order valence-electron chi connectivity index (χ2n) is 3.70. The Morgan fingerprint density at radius 3 is 3.12 bits per heavy atom. The SMILES string of the molecule is COc1ccc(Cl)c2cc3c(nc12)OCC3. The summed E-state index contributed by atoms with van der Waals surface area (Å²) >= 11 is 6.15. The first-order valence-electron chi connectivity index (χ1n) is 5.08. The van der Waals surface area contributed by atoms with E-state index in [-0.39, 0.29) is 0 Å². The molecule has 0 aliphatic carbocycles. The van der Waals surface area contributed by atoms with Crippen LogP contribution in [0, 0.1) is 0 Å². The van der Waals surface area contributed by atoms with Crippen molar-refractivity contribution in [2.75, 3.05) is 13.7 Å². The number of halogens is 1. The second-order valence-corrected chi connectivity index (χ2v) is 4.10. The van der Waals surface area contributed by atoms with Gasteiger partial charge < -0.3 is 9.47 Å². The first-order chi connectivity index (χ1) is 7.79. The molecular weight excluding hydrogens is 226 g/mol. The summed E-state index contributed by atoms with van der Waals surface area (Å²) in [4.78, 5) is 4.46. The molecule has 0 atom stereocenters. The highest BCUT2D eigenvalue weighted by Crippen LogP contribution is 2.35. The fourth-order valence-electron chi connectivity index (χ4n) is 1.95. The van der Waals surface area contributed by atoms with Gasteiger partial charge in [-0.1, -0.05) is 11.6 Å². The molecule has 0 saturated heterocycles. The average Bonchev–Trinajstić information content (AvgIpc) is 2.75. The zero-order chi connectivity index (χ0) is 11.1. The van der Waals surface area contributed by atoms with Gasteiger partial charge in [-0.15, -0.1) is 0 Å². The Bertz CT molecular complexity index is 568. The fourth-order valence-corrected chi connectivity index (χ4v) is 2.16. The molecule has 1 aliphatic heterocycles. The number of hydrogen-bond donors (Lipinski definition) is 0. The van der Waals surface area contributed by atoms with Crippen LogP contribution in [0.25, 0.3) is 10.9 Å². The lowest BCUT2D eigenvalue weighted by molar-refractivity contribution is 0.345. The summed E-state index contributed by atoms with van der Waals surface area (Å²) in [5, 5.41) is 1.61. The van der Waals surface area contributed by atoms with Gasteiger partial charge in [0.05, 0.1) is 18.7 Å². The number of rotatable bonds is 1. The molecular formula is C12H10ClNO2. The van der Waals surface area contributed by atoms with Crippen molar-refractivity contribution in [2.24, 2.45) is 0 Å². The molecule has 0 N–H and O–H groups in total. The van der Waals surface area contributed by atoms with Crippen molar-refractivity contribution in [2.45, 2.75) is 6.42 Å². The van der Waals surface area contributed by atoms with E-state index in [0.29, 0.717) is 17.5 Å². The summed E-state index contributed by atoms with van der Waals surface area (Å²) in [5.74, 6) is 1.42. The molecule has 2 aromatic rings. The third-order valence-corrected chi connectivity index (χ3v) is 3.09. The van der Waals surface area contributed by atoms with Crippen molar-refractivity contribution in [1.29, 1.82) is 0 Å². The molecule has 82 valence electrons. The summed E-state index contributed by atoms with van der Waals surface area (Å²) in [6.07, 6.45) is 0.895. The van der Waals surface area contributed by atoms with Gasteiger partial charge in [0.15, 0.2) is 0 Å². The van der Waals surface area contributed by atoms with Crippen LogP contribution in [0.15, 0.2) is 18.2 Å². The van der Waals surface area contributed by atoms with Crippen molar-refractivity contribution < 1.29 is 9.47 Å². The van der Waals surface area contributed by atoms with E-state index in [1.54, 1.807) is 7.11 Å². The predicted octanol–water partition coefficient (Wildman–Crippen LogP) is 2.83. The number of pyridine rings is 1. The number of fused-ring (bicyclic) bond motifs is 2. The molecule has 4 heteroatoms. The van der Waals surface area contributed by atoms with Crippen LogP contribution < -0.4 is 9.47 Å². The molecule has 1 aliphatic rings. The van der Waals surface area contributed by atoms with Crippen LogP contribution in [0.3, 0.4) is 0 Å². The van der Waals surface area contributed by atoms with Gasteiger partial charge in [0.25, 0.3) is 0 Å². The fraction of sp³-hybridized carbons (Fsp3) is 0.250. The third kappa shape index (κ3) is 1.32. The largest absolute Gasteiger partial charge is 0.494 e. The Kier molecular flexibility index (Phi) is 2.14. The smallest absolute Gasteiger partial charge is 0.217 e. The third-order valence-electron chi connectivity index (χ3n) is 2.76. The molecule has 0 unspecified atom stereocenters. The molecule has 16 heavy (non-hydrogen) atoms. The van der Waals surface area contributed by atoms with Gasteiger partial charge in [-0.25, -0.2) is 4.98 Å². The van der Waals surface area contributed by atoms with Crippen LogP contribution in [0.1, 0.15) is 5.56 Å². The lowest BCUT2D eigenvalue weighted by Crippen LogP contribution is -1.91. The van der Waals surface area contributed by atoms with E-state index in [1.807, 2.05) is 18.2 Å². The van der Waals surface area contributed by atoms with Crippen LogP contribution in [0.2, 0.25) is 5.02 Å². The summed E-state index contributed by atoms with van der Waals surface area (Å²) < 4.78 is 10.7. The van der Waals surface area contributed by atoms with Gasteiger partial charge >= 0.3 is 0 Å². The van der Waals surface area contributed by atoms with Crippen LogP contribution in [-0.4, -0.2) is 18.7 Å². The van der Waals surface area contributed by atoms with Gasteiger partial charge in [0, 0.05) is 17.4 Å². The summed E-state index contributed by atoms with van der Waals surface area (Å²) in [7, 11) is 1.62. The predicted molar refractivity (Wildman–Crippen MR) is 62.5 cm³/mol. The summed E-state index contributed by atoms with van der Waals surface area (Å²) in [5.41, 5.74) is 1.87. The van der Waals surface area contributed by atoms with Gasteiger partial charge in [-0.3, -0.25) is 0 Å². The van der Waals surface area contributed by atoms with Crippen LogP contribution in [-0.2, 0) is 6.42 Å². The first kappa shape index (κ1) is 9.73. The standard InChI is InChI=1S/C12H10ClNO2/c1-15-10-3-2-9(13)8-6-7-4-5-16-12(7)14-11(8)10/h2-3,6H,4-5H2,1H3. The zero-order valence-corrected chi connectivity index (χ0v) is 9.54. The van der Waals surface area contributed by atoms with E-state index in [4.69, 9.17) is 21.1 Å². The molecule has 0 amide bonds. The monoisotopic (exact) mass is 235 g/mol. The van der Waals surface area contributed by atoms with Gasteiger partial charge in [-0.2, -0.15) is 0 Å². The molecule has 0 spiro atoms. The highest BCUT2D eigenvalue weighted by molar-refractivity contribution is 6.35. The lowest BCUT2D eigenvalue weighted by atomic mass is 10.1. The van der Waals surface area contributed by atoms with Gasteiger partial charge in [0.2, 0.25) is 5.88 Å². The minimum atomic E-state index is 0.693. The molecule has 1 aromatic heterocycles. The summed E-state index contributed by atoms with van der Waals surface area (Å²) in [6.45, 7) is 0.693. The van der Waals surface area contributed by atoms with E-state index in [2.05, 4.69) is 4.98 Å². The van der Waals surface area contributed by atoms with Crippen LogP contribution >= 0.6 is 11.6 Å². The van der Waals surface area contributed by atoms with E-state index in [1.165, 1.54) is 0 Å². The molecule has 1 aromatic carbocycles. The van der Waals surface area contributed by atoms with E-state index in [9.17, 15) is 0 Å². The maximum atomic E-state index is 6.15. The molecule has 3 nitrogen and oxygen atoms in total. The van der Waals surface area contributed by atoms with E-state index >= 15 is 0 Å². The first-order valence-corrected chi connectivity index (χ1v) is 5.46.